The average Bonchev–Trinajstić information content (AvgIpc) is 3.50. The molecule has 0 bridgehead atoms. The van der Waals surface area contributed by atoms with Gasteiger partial charge in [0.15, 0.2) is 11.8 Å². The van der Waals surface area contributed by atoms with E-state index in [1.54, 1.807) is 0 Å². The van der Waals surface area contributed by atoms with Crippen LogP contribution in [0.5, 0.6) is 0 Å². The van der Waals surface area contributed by atoms with Gasteiger partial charge in [0.05, 0.1) is 12.1 Å². The molecule has 4 rings (SSSR count). The predicted octanol–water partition coefficient (Wildman–Crippen LogP) is 5.99. The molecule has 4 nitrogen and oxygen atoms in total. The quantitative estimate of drug-likeness (QED) is 0.502. The Hall–Kier alpha value is -2.62. The number of nitrogens with zero attached hydrogens (tertiary/aromatic N) is 2. The van der Waals surface area contributed by atoms with Crippen LogP contribution in [0.4, 0.5) is 0 Å². The van der Waals surface area contributed by atoms with Crippen LogP contribution in [0.1, 0.15) is 63.0 Å². The van der Waals surface area contributed by atoms with Crippen LogP contribution < -0.4 is 0 Å². The summed E-state index contributed by atoms with van der Waals surface area (Å²) in [5.41, 5.74) is 2.61. The third kappa shape index (κ3) is 5.00. The van der Waals surface area contributed by atoms with E-state index in [4.69, 9.17) is 19.5 Å². The van der Waals surface area contributed by atoms with Crippen molar-refractivity contribution in [3.8, 4) is 0 Å². The third-order valence-corrected chi connectivity index (χ3v) is 6.64. The van der Waals surface area contributed by atoms with Gasteiger partial charge in [-0.15, -0.1) is 0 Å². The van der Waals surface area contributed by atoms with Crippen molar-refractivity contribution in [1.29, 1.82) is 0 Å². The number of hydrogen-bond acceptors (Lipinski definition) is 4. The van der Waals surface area contributed by atoms with Crippen molar-refractivity contribution in [3.63, 3.8) is 0 Å². The lowest BCUT2D eigenvalue weighted by Crippen LogP contribution is -2.25. The number of aliphatic imine (C=N–C) groups is 2. The second kappa shape index (κ2) is 10.1. The van der Waals surface area contributed by atoms with Crippen LogP contribution in [-0.4, -0.2) is 37.1 Å². The van der Waals surface area contributed by atoms with Gasteiger partial charge in [-0.3, -0.25) is 0 Å². The topological polar surface area (TPSA) is 43.2 Å². The molecule has 2 aromatic carbocycles. The van der Waals surface area contributed by atoms with Gasteiger partial charge in [0.25, 0.3) is 0 Å². The second-order valence-electron chi connectivity index (χ2n) is 8.78. The Labute approximate surface area is 186 Å². The molecule has 0 aliphatic carbocycles. The maximum Gasteiger partial charge on any atom is 0.196 e. The molecule has 4 unspecified atom stereocenters. The van der Waals surface area contributed by atoms with Crippen LogP contribution >= 0.6 is 0 Å². The molecule has 164 valence electrons. The molecule has 2 aliphatic rings. The van der Waals surface area contributed by atoms with Gasteiger partial charge in [-0.05, 0) is 17.5 Å². The predicted molar refractivity (Wildman–Crippen MR) is 127 cm³/mol. The summed E-state index contributed by atoms with van der Waals surface area (Å²) in [7, 11) is 0. The second-order valence-corrected chi connectivity index (χ2v) is 8.78. The van der Waals surface area contributed by atoms with Crippen molar-refractivity contribution in [2.45, 2.75) is 64.0 Å². The molecule has 0 radical (unpaired) electrons. The van der Waals surface area contributed by atoms with E-state index >= 15 is 0 Å². The Morgan fingerprint density at radius 3 is 1.65 bits per heavy atom. The Bertz CT molecular complexity index is 822. The standard InChI is InChI=1S/C27H34N2O2/c1-4-5-16-23(26-28-24(17-30-26)19(2)21-12-8-6-9-13-21)27-29-25(18-31-27)20(3)22-14-10-7-11-15-22/h6-15,19-20,23-25H,4-5,16-18H2,1-3H3. The first-order valence-electron chi connectivity index (χ1n) is 11.7. The van der Waals surface area contributed by atoms with E-state index in [9.17, 15) is 0 Å². The molecule has 0 aromatic heterocycles. The highest BCUT2D eigenvalue weighted by Gasteiger charge is 2.36. The van der Waals surface area contributed by atoms with Gasteiger partial charge in [0, 0.05) is 11.8 Å². The van der Waals surface area contributed by atoms with Crippen molar-refractivity contribution in [2.24, 2.45) is 15.9 Å². The molecule has 0 spiro atoms. The Kier molecular flexibility index (Phi) is 7.06. The van der Waals surface area contributed by atoms with E-state index in [1.807, 2.05) is 0 Å². The van der Waals surface area contributed by atoms with Gasteiger partial charge < -0.3 is 9.47 Å². The van der Waals surface area contributed by atoms with Gasteiger partial charge in [-0.1, -0.05) is 94.3 Å². The number of hydrogen-bond donors (Lipinski definition) is 0. The molecule has 4 heteroatoms. The lowest BCUT2D eigenvalue weighted by atomic mass is 9.94. The summed E-state index contributed by atoms with van der Waals surface area (Å²) in [4.78, 5) is 10.0. The summed E-state index contributed by atoms with van der Waals surface area (Å²) in [6, 6.07) is 21.4. The minimum absolute atomic E-state index is 0.0286. The summed E-state index contributed by atoms with van der Waals surface area (Å²) in [6.07, 6.45) is 3.20. The largest absolute Gasteiger partial charge is 0.478 e. The van der Waals surface area contributed by atoms with Crippen molar-refractivity contribution < 1.29 is 9.47 Å². The van der Waals surface area contributed by atoms with E-state index in [0.717, 1.165) is 31.1 Å². The first kappa shape index (κ1) is 21.6. The van der Waals surface area contributed by atoms with Gasteiger partial charge >= 0.3 is 0 Å². The molecule has 2 aliphatic heterocycles. The van der Waals surface area contributed by atoms with Crippen molar-refractivity contribution >= 4 is 11.8 Å². The first-order valence-corrected chi connectivity index (χ1v) is 11.7. The number of rotatable bonds is 9. The molecule has 31 heavy (non-hydrogen) atoms. The lowest BCUT2D eigenvalue weighted by molar-refractivity contribution is 0.271. The summed E-state index contributed by atoms with van der Waals surface area (Å²) in [5, 5.41) is 0. The van der Waals surface area contributed by atoms with Crippen LogP contribution in [-0.2, 0) is 9.47 Å². The van der Waals surface area contributed by atoms with E-state index in [2.05, 4.69) is 81.4 Å². The van der Waals surface area contributed by atoms with Crippen LogP contribution in [0.2, 0.25) is 0 Å². The fourth-order valence-electron chi connectivity index (χ4n) is 4.43. The highest BCUT2D eigenvalue weighted by molar-refractivity contribution is 6.01. The maximum atomic E-state index is 6.15. The molecular weight excluding hydrogens is 384 g/mol. The minimum atomic E-state index is 0.0286. The zero-order valence-electron chi connectivity index (χ0n) is 18.9. The van der Waals surface area contributed by atoms with Crippen molar-refractivity contribution in [3.05, 3.63) is 71.8 Å². The van der Waals surface area contributed by atoms with Crippen LogP contribution in [0, 0.1) is 5.92 Å². The van der Waals surface area contributed by atoms with E-state index in [1.165, 1.54) is 11.1 Å². The normalized spacial score (nSPS) is 23.3. The van der Waals surface area contributed by atoms with E-state index < -0.39 is 0 Å². The Morgan fingerprint density at radius 1 is 0.774 bits per heavy atom. The fraction of sp³-hybridized carbons (Fsp3) is 0.481. The summed E-state index contributed by atoms with van der Waals surface area (Å²) in [5.74, 6) is 2.30. The monoisotopic (exact) mass is 418 g/mol. The number of benzene rings is 2. The van der Waals surface area contributed by atoms with Gasteiger partial charge in [-0.2, -0.15) is 0 Å². The fourth-order valence-corrected chi connectivity index (χ4v) is 4.43. The Morgan fingerprint density at radius 2 is 1.23 bits per heavy atom. The molecule has 0 saturated carbocycles. The third-order valence-electron chi connectivity index (χ3n) is 6.64. The highest BCUT2D eigenvalue weighted by atomic mass is 16.5. The summed E-state index contributed by atoms with van der Waals surface area (Å²) in [6.45, 7) is 7.94. The zero-order chi connectivity index (χ0) is 21.6. The van der Waals surface area contributed by atoms with Gasteiger partial charge in [-0.25, -0.2) is 9.98 Å². The number of ether oxygens (including phenoxy) is 2. The molecule has 0 N–H and O–H groups in total. The zero-order valence-corrected chi connectivity index (χ0v) is 18.9. The maximum absolute atomic E-state index is 6.15. The van der Waals surface area contributed by atoms with Crippen molar-refractivity contribution in [2.75, 3.05) is 13.2 Å². The molecule has 2 aromatic rings. The lowest BCUT2D eigenvalue weighted by Gasteiger charge is -2.15. The van der Waals surface area contributed by atoms with Gasteiger partial charge in [0.1, 0.15) is 19.1 Å². The average molecular weight is 419 g/mol. The van der Waals surface area contributed by atoms with Crippen molar-refractivity contribution in [1.82, 2.24) is 0 Å². The highest BCUT2D eigenvalue weighted by Crippen LogP contribution is 2.31. The van der Waals surface area contributed by atoms with E-state index in [0.29, 0.717) is 25.0 Å². The van der Waals surface area contributed by atoms with Crippen LogP contribution in [0.3, 0.4) is 0 Å². The molecule has 0 fully saturated rings. The summed E-state index contributed by atoms with van der Waals surface area (Å²) < 4.78 is 12.3. The minimum Gasteiger partial charge on any atom is -0.478 e. The van der Waals surface area contributed by atoms with Gasteiger partial charge in [0.2, 0.25) is 0 Å². The SMILES string of the molecule is CCCCC(C1=NC(C(C)c2ccccc2)CO1)C1=NC(C(C)c2ccccc2)CO1. The van der Waals surface area contributed by atoms with E-state index in [-0.39, 0.29) is 18.0 Å². The first-order chi connectivity index (χ1) is 15.2. The van der Waals surface area contributed by atoms with Crippen LogP contribution in [0.25, 0.3) is 0 Å². The smallest absolute Gasteiger partial charge is 0.196 e. The molecule has 4 atom stereocenters. The van der Waals surface area contributed by atoms with Crippen LogP contribution in [0.15, 0.2) is 70.6 Å². The number of unbranched alkanes of at least 4 members (excludes halogenated alkanes) is 1. The molecular formula is C27H34N2O2. The summed E-state index contributed by atoms with van der Waals surface area (Å²) >= 11 is 0. The molecule has 2 heterocycles. The molecule has 0 saturated heterocycles. The Balaban J connectivity index is 1.51. The molecule has 0 amide bonds.